The highest BCUT2D eigenvalue weighted by Gasteiger charge is 2.04. The molecule has 0 bridgehead atoms. The molecule has 0 saturated carbocycles. The summed E-state index contributed by atoms with van der Waals surface area (Å²) < 4.78 is 2.11. The van der Waals surface area contributed by atoms with Crippen LogP contribution < -0.4 is 10.2 Å². The Balaban J connectivity index is 2.06. The molecule has 0 fully saturated rings. The molecule has 0 aliphatic rings. The highest BCUT2D eigenvalue weighted by molar-refractivity contribution is 6.33. The Kier molecular flexibility index (Phi) is 4.32. The summed E-state index contributed by atoms with van der Waals surface area (Å²) in [5.74, 6) is 0. The highest BCUT2D eigenvalue weighted by atomic mass is 35.5. The zero-order valence-electron chi connectivity index (χ0n) is 11.5. The van der Waals surface area contributed by atoms with Gasteiger partial charge in [-0.05, 0) is 25.1 Å². The Morgan fingerprint density at radius 1 is 1.37 bits per heavy atom. The lowest BCUT2D eigenvalue weighted by atomic mass is 10.2. The molecule has 0 atom stereocenters. The molecule has 0 unspecified atom stereocenters. The van der Waals surface area contributed by atoms with Crippen molar-refractivity contribution in [2.45, 2.75) is 20.0 Å². The number of anilines is 2. The van der Waals surface area contributed by atoms with Crippen LogP contribution in [0.3, 0.4) is 0 Å². The summed E-state index contributed by atoms with van der Waals surface area (Å²) in [4.78, 5) is 6.15. The summed E-state index contributed by atoms with van der Waals surface area (Å²) in [5, 5.41) is 4.11. The first kappa shape index (κ1) is 13.7. The van der Waals surface area contributed by atoms with Crippen LogP contribution in [0.1, 0.15) is 12.6 Å². The van der Waals surface area contributed by atoms with Gasteiger partial charge in [0.2, 0.25) is 0 Å². The minimum atomic E-state index is 0.742. The summed E-state index contributed by atoms with van der Waals surface area (Å²) in [7, 11) is 3.96. The fraction of sp³-hybridized carbons (Fsp3) is 0.357. The molecule has 0 radical (unpaired) electrons. The standard InChI is InChI=1S/C14H19ClN4/c1-4-19-10-16-8-12(19)9-17-11-5-6-14(18(2)3)13(15)7-11/h5-8,10,17H,4,9H2,1-3H3. The van der Waals surface area contributed by atoms with E-state index >= 15 is 0 Å². The van der Waals surface area contributed by atoms with Crippen molar-refractivity contribution in [3.05, 3.63) is 41.4 Å². The van der Waals surface area contributed by atoms with Gasteiger partial charge in [-0.1, -0.05) is 11.6 Å². The Bertz CT molecular complexity index is 548. The molecule has 4 nitrogen and oxygen atoms in total. The smallest absolute Gasteiger partial charge is 0.0948 e. The van der Waals surface area contributed by atoms with Crippen molar-refractivity contribution in [3.63, 3.8) is 0 Å². The lowest BCUT2D eigenvalue weighted by Gasteiger charge is -2.16. The van der Waals surface area contributed by atoms with Crippen molar-refractivity contribution >= 4 is 23.0 Å². The lowest BCUT2D eigenvalue weighted by molar-refractivity contribution is 0.719. The number of rotatable bonds is 5. The number of benzene rings is 1. The van der Waals surface area contributed by atoms with Gasteiger partial charge in [0.1, 0.15) is 0 Å². The van der Waals surface area contributed by atoms with Crippen LogP contribution in [0.5, 0.6) is 0 Å². The van der Waals surface area contributed by atoms with Gasteiger partial charge in [-0.3, -0.25) is 0 Å². The van der Waals surface area contributed by atoms with Crippen LogP contribution in [-0.4, -0.2) is 23.6 Å². The predicted octanol–water partition coefficient (Wildman–Crippen LogP) is 3.23. The Labute approximate surface area is 119 Å². The quantitative estimate of drug-likeness (QED) is 0.911. The molecule has 0 aliphatic heterocycles. The molecule has 102 valence electrons. The fourth-order valence-corrected chi connectivity index (χ4v) is 2.30. The van der Waals surface area contributed by atoms with Crippen LogP contribution in [-0.2, 0) is 13.1 Å². The van der Waals surface area contributed by atoms with Crippen LogP contribution >= 0.6 is 11.6 Å². The van der Waals surface area contributed by atoms with Gasteiger partial charge in [0.25, 0.3) is 0 Å². The van der Waals surface area contributed by atoms with E-state index in [4.69, 9.17) is 11.6 Å². The first-order valence-electron chi connectivity index (χ1n) is 6.31. The molecular weight excluding hydrogens is 260 g/mol. The van der Waals surface area contributed by atoms with Crippen molar-refractivity contribution in [2.24, 2.45) is 0 Å². The number of nitrogens with one attached hydrogen (secondary N) is 1. The first-order chi connectivity index (χ1) is 9.11. The molecule has 5 heteroatoms. The zero-order chi connectivity index (χ0) is 13.8. The third kappa shape index (κ3) is 3.20. The number of aryl methyl sites for hydroxylation is 1. The molecule has 1 N–H and O–H groups in total. The van der Waals surface area contributed by atoms with Gasteiger partial charge in [-0.2, -0.15) is 0 Å². The second kappa shape index (κ2) is 5.97. The van der Waals surface area contributed by atoms with Crippen molar-refractivity contribution in [3.8, 4) is 0 Å². The maximum absolute atomic E-state index is 6.24. The number of hydrogen-bond acceptors (Lipinski definition) is 3. The van der Waals surface area contributed by atoms with E-state index in [9.17, 15) is 0 Å². The topological polar surface area (TPSA) is 33.1 Å². The summed E-state index contributed by atoms with van der Waals surface area (Å²) in [6, 6.07) is 6.00. The van der Waals surface area contributed by atoms with Crippen LogP contribution in [0.4, 0.5) is 11.4 Å². The van der Waals surface area contributed by atoms with E-state index in [1.165, 1.54) is 0 Å². The van der Waals surface area contributed by atoms with Gasteiger partial charge in [0.05, 0.1) is 29.3 Å². The third-order valence-corrected chi connectivity index (χ3v) is 3.35. The van der Waals surface area contributed by atoms with E-state index < -0.39 is 0 Å². The van der Waals surface area contributed by atoms with Crippen molar-refractivity contribution < 1.29 is 0 Å². The van der Waals surface area contributed by atoms with Gasteiger partial charge in [-0.25, -0.2) is 4.98 Å². The molecular formula is C14H19ClN4. The van der Waals surface area contributed by atoms with E-state index in [-0.39, 0.29) is 0 Å². The fourth-order valence-electron chi connectivity index (χ4n) is 1.95. The normalized spacial score (nSPS) is 10.5. The van der Waals surface area contributed by atoms with E-state index in [1.807, 2.05) is 49.7 Å². The van der Waals surface area contributed by atoms with Gasteiger partial charge < -0.3 is 14.8 Å². The molecule has 2 rings (SSSR count). The molecule has 1 heterocycles. The molecule has 0 saturated heterocycles. The van der Waals surface area contributed by atoms with Crippen LogP contribution in [0.15, 0.2) is 30.7 Å². The summed E-state index contributed by atoms with van der Waals surface area (Å²) in [6.45, 7) is 3.77. The number of aromatic nitrogens is 2. The predicted molar refractivity (Wildman–Crippen MR) is 81.0 cm³/mol. The van der Waals surface area contributed by atoms with Crippen LogP contribution in [0.2, 0.25) is 5.02 Å². The third-order valence-electron chi connectivity index (χ3n) is 3.04. The molecule has 1 aromatic heterocycles. The number of hydrogen-bond donors (Lipinski definition) is 1. The Morgan fingerprint density at radius 2 is 2.16 bits per heavy atom. The van der Waals surface area contributed by atoms with Gasteiger partial charge in [-0.15, -0.1) is 0 Å². The maximum Gasteiger partial charge on any atom is 0.0948 e. The molecule has 19 heavy (non-hydrogen) atoms. The van der Waals surface area contributed by atoms with E-state index in [1.54, 1.807) is 0 Å². The van der Waals surface area contributed by atoms with Gasteiger partial charge in [0.15, 0.2) is 0 Å². The second-order valence-electron chi connectivity index (χ2n) is 4.59. The van der Waals surface area contributed by atoms with E-state index in [0.717, 1.165) is 35.2 Å². The van der Waals surface area contributed by atoms with Crippen molar-refractivity contribution in [1.82, 2.24) is 9.55 Å². The Hall–Kier alpha value is -1.68. The molecule has 2 aromatic rings. The zero-order valence-corrected chi connectivity index (χ0v) is 12.3. The minimum Gasteiger partial charge on any atom is -0.379 e. The minimum absolute atomic E-state index is 0.742. The molecule has 0 spiro atoms. The number of nitrogens with zero attached hydrogens (tertiary/aromatic N) is 3. The second-order valence-corrected chi connectivity index (χ2v) is 4.99. The average Bonchev–Trinajstić information content (AvgIpc) is 2.83. The SMILES string of the molecule is CCn1cncc1CNc1ccc(N(C)C)c(Cl)c1. The van der Waals surface area contributed by atoms with Crippen molar-refractivity contribution in [2.75, 3.05) is 24.3 Å². The van der Waals surface area contributed by atoms with Crippen LogP contribution in [0.25, 0.3) is 0 Å². The van der Waals surface area contributed by atoms with E-state index in [2.05, 4.69) is 21.8 Å². The summed E-state index contributed by atoms with van der Waals surface area (Å²) in [5.41, 5.74) is 3.19. The summed E-state index contributed by atoms with van der Waals surface area (Å²) >= 11 is 6.24. The molecule has 1 aromatic carbocycles. The lowest BCUT2D eigenvalue weighted by Crippen LogP contribution is -2.10. The average molecular weight is 279 g/mol. The Morgan fingerprint density at radius 3 is 2.79 bits per heavy atom. The van der Waals surface area contributed by atoms with E-state index in [0.29, 0.717) is 0 Å². The monoisotopic (exact) mass is 278 g/mol. The molecule has 0 aliphatic carbocycles. The van der Waals surface area contributed by atoms with Crippen LogP contribution in [0, 0.1) is 0 Å². The summed E-state index contributed by atoms with van der Waals surface area (Å²) in [6.07, 6.45) is 3.73. The largest absolute Gasteiger partial charge is 0.379 e. The van der Waals surface area contributed by atoms with Crippen molar-refractivity contribution in [1.29, 1.82) is 0 Å². The molecule has 0 amide bonds. The maximum atomic E-state index is 6.24. The van der Waals surface area contributed by atoms with Gasteiger partial charge >= 0.3 is 0 Å². The number of imidazole rings is 1. The highest BCUT2D eigenvalue weighted by Crippen LogP contribution is 2.27. The van der Waals surface area contributed by atoms with Gasteiger partial charge in [0, 0.05) is 32.5 Å². The number of halogens is 1. The first-order valence-corrected chi connectivity index (χ1v) is 6.69.